The minimum atomic E-state index is -0.310. The second kappa shape index (κ2) is 6.99. The van der Waals surface area contributed by atoms with E-state index in [9.17, 15) is 4.39 Å². The molecule has 1 unspecified atom stereocenters. The highest BCUT2D eigenvalue weighted by Gasteiger charge is 2.16. The van der Waals surface area contributed by atoms with Crippen LogP contribution in [0.3, 0.4) is 0 Å². The van der Waals surface area contributed by atoms with Gasteiger partial charge in [-0.05, 0) is 13.1 Å². The average molecular weight is 291 g/mol. The number of benzene rings is 1. The van der Waals surface area contributed by atoms with Crippen molar-refractivity contribution in [3.05, 3.63) is 47.7 Å². The molecule has 5 nitrogen and oxygen atoms in total. The van der Waals surface area contributed by atoms with Gasteiger partial charge >= 0.3 is 0 Å². The first-order valence-corrected chi connectivity index (χ1v) is 6.53. The van der Waals surface area contributed by atoms with Crippen LogP contribution in [0.1, 0.15) is 17.3 Å². The van der Waals surface area contributed by atoms with Gasteiger partial charge in [0.1, 0.15) is 17.9 Å². The Morgan fingerprint density at radius 2 is 2.00 bits per heavy atom. The third-order valence-corrected chi connectivity index (χ3v) is 3.25. The van der Waals surface area contributed by atoms with Gasteiger partial charge in [-0.15, -0.1) is 0 Å². The number of rotatable bonds is 6. The fraction of sp³-hybridized carbons (Fsp3) is 0.333. The van der Waals surface area contributed by atoms with Crippen molar-refractivity contribution in [2.75, 3.05) is 21.3 Å². The molecule has 2 aromatic rings. The third kappa shape index (κ3) is 3.66. The summed E-state index contributed by atoms with van der Waals surface area (Å²) in [6, 6.07) is 6.37. The Morgan fingerprint density at radius 1 is 1.19 bits per heavy atom. The molecular formula is C15H18FN3O2. The molecule has 1 heterocycles. The molecule has 0 aliphatic carbocycles. The molecule has 0 aliphatic heterocycles. The number of likely N-dealkylation sites (N-methyl/N-ethyl adjacent to an activating group) is 1. The van der Waals surface area contributed by atoms with E-state index in [1.54, 1.807) is 32.4 Å². The molecule has 1 atom stereocenters. The van der Waals surface area contributed by atoms with Gasteiger partial charge in [-0.3, -0.25) is 0 Å². The Bertz CT molecular complexity index is 607. The van der Waals surface area contributed by atoms with Crippen molar-refractivity contribution in [1.82, 2.24) is 15.3 Å². The first kappa shape index (κ1) is 15.2. The van der Waals surface area contributed by atoms with Gasteiger partial charge < -0.3 is 14.8 Å². The van der Waals surface area contributed by atoms with Crippen LogP contribution in [0.4, 0.5) is 4.39 Å². The topological polar surface area (TPSA) is 56.3 Å². The molecule has 21 heavy (non-hydrogen) atoms. The zero-order valence-electron chi connectivity index (χ0n) is 12.3. The highest BCUT2D eigenvalue weighted by molar-refractivity contribution is 5.31. The maximum atomic E-state index is 14.1. The first-order valence-electron chi connectivity index (χ1n) is 6.53. The highest BCUT2D eigenvalue weighted by atomic mass is 19.1. The normalized spacial score (nSPS) is 12.0. The Balaban J connectivity index is 2.23. The Labute approximate surface area is 123 Å². The Morgan fingerprint density at radius 3 is 2.62 bits per heavy atom. The molecule has 0 bridgehead atoms. The summed E-state index contributed by atoms with van der Waals surface area (Å²) in [7, 11) is 4.84. The molecule has 0 aliphatic rings. The molecule has 0 fully saturated rings. The lowest BCUT2D eigenvalue weighted by atomic mass is 10.0. The molecule has 1 N–H and O–H groups in total. The highest BCUT2D eigenvalue weighted by Crippen LogP contribution is 2.24. The summed E-state index contributed by atoms with van der Waals surface area (Å²) in [4.78, 5) is 8.15. The fourth-order valence-electron chi connectivity index (χ4n) is 2.09. The van der Waals surface area contributed by atoms with Gasteiger partial charge in [0.05, 0.1) is 14.2 Å². The van der Waals surface area contributed by atoms with E-state index in [1.165, 1.54) is 19.5 Å². The van der Waals surface area contributed by atoms with Crippen molar-refractivity contribution in [1.29, 1.82) is 0 Å². The van der Waals surface area contributed by atoms with Crippen LogP contribution >= 0.6 is 0 Å². The molecule has 2 rings (SSSR count). The number of hydrogen-bond acceptors (Lipinski definition) is 5. The summed E-state index contributed by atoms with van der Waals surface area (Å²) in [5, 5.41) is 3.10. The standard InChI is InChI=1S/C15H18FN3O2/c1-17-14(6-10-7-15(21-3)19-9-18-10)12-5-4-11(20-2)8-13(12)16/h4-5,7-9,14,17H,6H2,1-3H3. The van der Waals surface area contributed by atoms with Crippen molar-refractivity contribution in [3.8, 4) is 11.6 Å². The van der Waals surface area contributed by atoms with Gasteiger partial charge in [0.15, 0.2) is 0 Å². The largest absolute Gasteiger partial charge is 0.497 e. The van der Waals surface area contributed by atoms with E-state index in [0.717, 1.165) is 5.69 Å². The van der Waals surface area contributed by atoms with E-state index in [-0.39, 0.29) is 11.9 Å². The maximum absolute atomic E-state index is 14.1. The van der Waals surface area contributed by atoms with Crippen molar-refractivity contribution in [3.63, 3.8) is 0 Å². The zero-order chi connectivity index (χ0) is 15.2. The number of ether oxygens (including phenoxy) is 2. The van der Waals surface area contributed by atoms with Crippen LogP contribution in [0.15, 0.2) is 30.6 Å². The molecule has 6 heteroatoms. The fourth-order valence-corrected chi connectivity index (χ4v) is 2.09. The van der Waals surface area contributed by atoms with Gasteiger partial charge in [-0.2, -0.15) is 0 Å². The van der Waals surface area contributed by atoms with E-state index >= 15 is 0 Å². The zero-order valence-corrected chi connectivity index (χ0v) is 12.3. The number of hydrogen-bond donors (Lipinski definition) is 1. The molecule has 0 radical (unpaired) electrons. The van der Waals surface area contributed by atoms with Gasteiger partial charge in [0, 0.05) is 35.9 Å². The van der Waals surface area contributed by atoms with Crippen molar-refractivity contribution >= 4 is 0 Å². The van der Waals surface area contributed by atoms with Crippen LogP contribution in [0.5, 0.6) is 11.6 Å². The van der Waals surface area contributed by atoms with Crippen LogP contribution in [-0.2, 0) is 6.42 Å². The van der Waals surface area contributed by atoms with E-state index in [1.807, 2.05) is 0 Å². The quantitative estimate of drug-likeness (QED) is 0.883. The van der Waals surface area contributed by atoms with Crippen molar-refractivity contribution < 1.29 is 13.9 Å². The number of aromatic nitrogens is 2. The van der Waals surface area contributed by atoms with Crippen LogP contribution in [0, 0.1) is 5.82 Å². The van der Waals surface area contributed by atoms with E-state index in [0.29, 0.717) is 23.6 Å². The number of nitrogens with zero attached hydrogens (tertiary/aromatic N) is 2. The van der Waals surface area contributed by atoms with Crippen molar-refractivity contribution in [2.45, 2.75) is 12.5 Å². The lowest BCUT2D eigenvalue weighted by molar-refractivity contribution is 0.395. The second-order valence-corrected chi connectivity index (χ2v) is 4.48. The summed E-state index contributed by atoms with van der Waals surface area (Å²) in [5.74, 6) is 0.676. The molecular weight excluding hydrogens is 273 g/mol. The number of methoxy groups -OCH3 is 2. The summed E-state index contributed by atoms with van der Waals surface area (Å²) >= 11 is 0. The van der Waals surface area contributed by atoms with Crippen molar-refractivity contribution in [2.24, 2.45) is 0 Å². The molecule has 0 spiro atoms. The minimum Gasteiger partial charge on any atom is -0.497 e. The van der Waals surface area contributed by atoms with Gasteiger partial charge in [0.25, 0.3) is 0 Å². The molecule has 112 valence electrons. The smallest absolute Gasteiger partial charge is 0.216 e. The predicted molar refractivity (Wildman–Crippen MR) is 77.0 cm³/mol. The minimum absolute atomic E-state index is 0.199. The first-order chi connectivity index (χ1) is 10.2. The lowest BCUT2D eigenvalue weighted by Crippen LogP contribution is -2.20. The van der Waals surface area contributed by atoms with Crippen LogP contribution in [0.25, 0.3) is 0 Å². The van der Waals surface area contributed by atoms with Gasteiger partial charge in [-0.25, -0.2) is 14.4 Å². The summed E-state index contributed by atoms with van der Waals surface area (Å²) in [6.07, 6.45) is 1.96. The van der Waals surface area contributed by atoms with E-state index < -0.39 is 0 Å². The summed E-state index contributed by atoms with van der Waals surface area (Å²) in [5.41, 5.74) is 1.34. The second-order valence-electron chi connectivity index (χ2n) is 4.48. The average Bonchev–Trinajstić information content (AvgIpc) is 2.53. The monoisotopic (exact) mass is 291 g/mol. The van der Waals surface area contributed by atoms with Crippen LogP contribution < -0.4 is 14.8 Å². The van der Waals surface area contributed by atoms with Crippen LogP contribution in [0.2, 0.25) is 0 Å². The summed E-state index contributed by atoms with van der Waals surface area (Å²) < 4.78 is 24.2. The van der Waals surface area contributed by atoms with Crippen LogP contribution in [-0.4, -0.2) is 31.2 Å². The molecule has 0 amide bonds. The molecule has 0 saturated heterocycles. The third-order valence-electron chi connectivity index (χ3n) is 3.25. The van der Waals surface area contributed by atoms with Gasteiger partial charge in [0.2, 0.25) is 5.88 Å². The number of halogens is 1. The molecule has 1 aromatic heterocycles. The predicted octanol–water partition coefficient (Wildman–Crippen LogP) is 2.14. The molecule has 1 aromatic carbocycles. The summed E-state index contributed by atoms with van der Waals surface area (Å²) in [6.45, 7) is 0. The molecule has 0 saturated carbocycles. The lowest BCUT2D eigenvalue weighted by Gasteiger charge is -2.17. The SMILES string of the molecule is CNC(Cc1cc(OC)ncn1)c1ccc(OC)cc1F. The van der Waals surface area contributed by atoms with E-state index in [4.69, 9.17) is 9.47 Å². The van der Waals surface area contributed by atoms with E-state index in [2.05, 4.69) is 15.3 Å². The van der Waals surface area contributed by atoms with Gasteiger partial charge in [-0.1, -0.05) is 6.07 Å². The maximum Gasteiger partial charge on any atom is 0.216 e. The number of nitrogens with one attached hydrogen (secondary N) is 1. The Kier molecular flexibility index (Phi) is 5.05. The Hall–Kier alpha value is -2.21.